The van der Waals surface area contributed by atoms with Crippen LogP contribution in [0.5, 0.6) is 0 Å². The Hall–Kier alpha value is -1.73. The highest BCUT2D eigenvalue weighted by molar-refractivity contribution is 7.80. The van der Waals surface area contributed by atoms with Crippen LogP contribution in [0.4, 0.5) is 0 Å². The van der Waals surface area contributed by atoms with E-state index in [2.05, 4.69) is 112 Å². The summed E-state index contributed by atoms with van der Waals surface area (Å²) >= 11 is 0. The Balaban J connectivity index is 2.17. The molecule has 134 valence electrons. The quantitative estimate of drug-likeness (QED) is 0.459. The molecule has 3 rings (SSSR count). The summed E-state index contributed by atoms with van der Waals surface area (Å²) in [6.07, 6.45) is 0.240. The third-order valence-electron chi connectivity index (χ3n) is 4.35. The maximum atomic E-state index is 6.44. The lowest BCUT2D eigenvalue weighted by molar-refractivity contribution is 0.238. The predicted molar refractivity (Wildman–Crippen MR) is 118 cm³/mol. The van der Waals surface area contributed by atoms with E-state index in [1.807, 2.05) is 0 Å². The van der Waals surface area contributed by atoms with Gasteiger partial charge in [0.25, 0.3) is 0 Å². The zero-order valence-electron chi connectivity index (χ0n) is 16.0. The normalized spacial score (nSPS) is 11.9. The zero-order valence-corrected chi connectivity index (χ0v) is 17.9. The minimum atomic E-state index is -2.00. The molecule has 0 unspecified atom stereocenters. The fraction of sp³-hybridized carbons (Fsp3) is 0.217. The summed E-state index contributed by atoms with van der Waals surface area (Å²) < 4.78 is 6.44. The van der Waals surface area contributed by atoms with Gasteiger partial charge in [0.15, 0.2) is 0 Å². The van der Waals surface area contributed by atoms with Crippen LogP contribution in [-0.4, -0.2) is 14.4 Å². The Labute approximate surface area is 159 Å². The molecule has 0 radical (unpaired) electrons. The van der Waals surface area contributed by atoms with Gasteiger partial charge in [-0.15, -0.1) is 0 Å². The second kappa shape index (κ2) is 8.31. The third kappa shape index (κ3) is 4.32. The summed E-state index contributed by atoms with van der Waals surface area (Å²) in [6.45, 7) is 8.90. The van der Waals surface area contributed by atoms with Gasteiger partial charge >= 0.3 is 0 Å². The molecule has 3 aromatic rings. The molecule has 0 saturated carbocycles. The molecular formula is C23H27OPSi. The van der Waals surface area contributed by atoms with Crippen LogP contribution in [0.2, 0.25) is 13.1 Å². The van der Waals surface area contributed by atoms with E-state index in [9.17, 15) is 0 Å². The Morgan fingerprint density at radius 3 is 1.65 bits per heavy atom. The zero-order chi connectivity index (χ0) is 18.6. The van der Waals surface area contributed by atoms with Crippen molar-refractivity contribution in [3.8, 4) is 0 Å². The first-order valence-corrected chi connectivity index (χ1v) is 13.4. The molecule has 0 fully saturated rings. The molecule has 0 bridgehead atoms. The summed E-state index contributed by atoms with van der Waals surface area (Å²) in [6, 6.07) is 30.7. The molecule has 0 aromatic heterocycles. The fourth-order valence-corrected chi connectivity index (χ4v) is 9.40. The average molecular weight is 379 g/mol. The first-order chi connectivity index (χ1) is 12.5. The van der Waals surface area contributed by atoms with Gasteiger partial charge in [0.2, 0.25) is 8.32 Å². The Bertz CT molecular complexity index is 792. The topological polar surface area (TPSA) is 9.23 Å². The van der Waals surface area contributed by atoms with Crippen molar-refractivity contribution in [3.05, 3.63) is 84.9 Å². The van der Waals surface area contributed by atoms with Crippen LogP contribution in [0.15, 0.2) is 84.9 Å². The molecule has 3 aromatic carbocycles. The molecule has 1 nitrogen and oxygen atoms in total. The summed E-state index contributed by atoms with van der Waals surface area (Å²) in [5.74, 6) is 0. The molecular weight excluding hydrogens is 351 g/mol. The van der Waals surface area contributed by atoms with Gasteiger partial charge in [-0.2, -0.15) is 0 Å². The molecule has 0 saturated heterocycles. The Kier molecular flexibility index (Phi) is 6.08. The molecule has 0 spiro atoms. The van der Waals surface area contributed by atoms with Gasteiger partial charge in [0, 0.05) is 6.10 Å². The van der Waals surface area contributed by atoms with E-state index in [0.29, 0.717) is 0 Å². The number of hydrogen-bond donors (Lipinski definition) is 0. The molecule has 0 amide bonds. The summed E-state index contributed by atoms with van der Waals surface area (Å²) in [5.41, 5.74) is 0. The minimum absolute atomic E-state index is 0.240. The SMILES string of the molecule is CC(C)O[Si](C)(C)c1ccccc1P(c1ccccc1)c1ccccc1. The number of benzene rings is 3. The lowest BCUT2D eigenvalue weighted by Crippen LogP contribution is -2.53. The molecule has 0 heterocycles. The van der Waals surface area contributed by atoms with Crippen molar-refractivity contribution in [2.75, 3.05) is 0 Å². The molecule has 0 aliphatic carbocycles. The van der Waals surface area contributed by atoms with Crippen molar-refractivity contribution in [1.29, 1.82) is 0 Å². The highest BCUT2D eigenvalue weighted by Crippen LogP contribution is 2.32. The van der Waals surface area contributed by atoms with E-state index in [1.165, 1.54) is 21.1 Å². The standard InChI is InChI=1S/C23H27OPSi/c1-19(2)24-26(3,4)23-18-12-11-17-22(23)25(20-13-7-5-8-14-20)21-15-9-6-10-16-21/h5-19H,1-4H3. The third-order valence-corrected chi connectivity index (χ3v) is 9.86. The second-order valence-corrected chi connectivity index (χ2v) is 13.2. The van der Waals surface area contributed by atoms with Crippen LogP contribution in [0, 0.1) is 0 Å². The number of rotatable bonds is 6. The van der Waals surface area contributed by atoms with E-state index >= 15 is 0 Å². The van der Waals surface area contributed by atoms with E-state index in [-0.39, 0.29) is 6.10 Å². The van der Waals surface area contributed by atoms with Crippen molar-refractivity contribution in [2.45, 2.75) is 33.0 Å². The van der Waals surface area contributed by atoms with Crippen molar-refractivity contribution < 1.29 is 4.43 Å². The van der Waals surface area contributed by atoms with Gasteiger partial charge in [0.05, 0.1) is 0 Å². The van der Waals surface area contributed by atoms with Crippen LogP contribution in [0.3, 0.4) is 0 Å². The van der Waals surface area contributed by atoms with E-state index in [4.69, 9.17) is 4.43 Å². The first-order valence-electron chi connectivity index (χ1n) is 9.16. The van der Waals surface area contributed by atoms with Crippen molar-refractivity contribution >= 4 is 37.3 Å². The van der Waals surface area contributed by atoms with Gasteiger partial charge in [-0.25, -0.2) is 0 Å². The molecule has 0 atom stereocenters. The fourth-order valence-electron chi connectivity index (χ4n) is 3.41. The molecule has 0 aliphatic rings. The smallest absolute Gasteiger partial charge is 0.219 e. The van der Waals surface area contributed by atoms with Crippen LogP contribution in [0.1, 0.15) is 13.8 Å². The lowest BCUT2D eigenvalue weighted by Gasteiger charge is -2.31. The van der Waals surface area contributed by atoms with Gasteiger partial charge in [-0.3, -0.25) is 0 Å². The molecule has 26 heavy (non-hydrogen) atoms. The van der Waals surface area contributed by atoms with E-state index in [0.717, 1.165) is 0 Å². The van der Waals surface area contributed by atoms with Crippen LogP contribution in [-0.2, 0) is 4.43 Å². The van der Waals surface area contributed by atoms with Gasteiger partial charge in [-0.1, -0.05) is 84.9 Å². The summed E-state index contributed by atoms with van der Waals surface area (Å²) in [7, 11) is -2.60. The Morgan fingerprint density at radius 1 is 0.692 bits per heavy atom. The van der Waals surface area contributed by atoms with Crippen molar-refractivity contribution in [1.82, 2.24) is 0 Å². The van der Waals surface area contributed by atoms with Gasteiger partial charge < -0.3 is 4.43 Å². The first kappa shape index (κ1) is 19.0. The molecule has 3 heteroatoms. The minimum Gasteiger partial charge on any atom is -0.411 e. The monoisotopic (exact) mass is 378 g/mol. The highest BCUT2D eigenvalue weighted by Gasteiger charge is 2.32. The van der Waals surface area contributed by atoms with Crippen LogP contribution >= 0.6 is 7.92 Å². The van der Waals surface area contributed by atoms with Gasteiger partial charge in [0.1, 0.15) is 0 Å². The van der Waals surface area contributed by atoms with Crippen LogP contribution < -0.4 is 21.1 Å². The predicted octanol–water partition coefficient (Wildman–Crippen LogP) is 4.28. The maximum Gasteiger partial charge on any atom is 0.219 e. The summed E-state index contributed by atoms with van der Waals surface area (Å²) in [4.78, 5) is 0. The van der Waals surface area contributed by atoms with Crippen LogP contribution in [0.25, 0.3) is 0 Å². The Morgan fingerprint density at radius 2 is 1.15 bits per heavy atom. The van der Waals surface area contributed by atoms with E-state index < -0.39 is 16.2 Å². The molecule has 0 aliphatic heterocycles. The largest absolute Gasteiger partial charge is 0.411 e. The molecule has 0 N–H and O–H groups in total. The maximum absolute atomic E-state index is 6.44. The van der Waals surface area contributed by atoms with Crippen molar-refractivity contribution in [2.24, 2.45) is 0 Å². The van der Waals surface area contributed by atoms with Gasteiger partial charge in [-0.05, 0) is 56.0 Å². The highest BCUT2D eigenvalue weighted by atomic mass is 31.1. The lowest BCUT2D eigenvalue weighted by atomic mass is 10.3. The number of hydrogen-bond acceptors (Lipinski definition) is 1. The van der Waals surface area contributed by atoms with E-state index in [1.54, 1.807) is 0 Å². The summed E-state index contributed by atoms with van der Waals surface area (Å²) in [5, 5.41) is 5.61. The average Bonchev–Trinajstić information content (AvgIpc) is 2.63. The van der Waals surface area contributed by atoms with Crippen molar-refractivity contribution in [3.63, 3.8) is 0 Å². The second-order valence-electron chi connectivity index (χ2n) is 7.20.